The number of hydrogen-bond donors (Lipinski definition) is 1. The highest BCUT2D eigenvalue weighted by Crippen LogP contribution is 2.27. The highest BCUT2D eigenvalue weighted by molar-refractivity contribution is 5.35. The second-order valence-corrected chi connectivity index (χ2v) is 4.62. The number of rotatable bonds is 6. The van der Waals surface area contributed by atoms with Crippen molar-refractivity contribution in [1.82, 2.24) is 5.32 Å². The fourth-order valence-electron chi connectivity index (χ4n) is 2.19. The topological polar surface area (TPSA) is 21.3 Å². The van der Waals surface area contributed by atoms with Gasteiger partial charge in [-0.05, 0) is 42.8 Å². The van der Waals surface area contributed by atoms with E-state index < -0.39 is 0 Å². The van der Waals surface area contributed by atoms with E-state index in [1.165, 1.54) is 6.07 Å². The van der Waals surface area contributed by atoms with Crippen LogP contribution in [0.5, 0.6) is 11.5 Å². The SMILES string of the molecule is CCNC(CC)c1cccc(Oc2ccccc2F)c1. The summed E-state index contributed by atoms with van der Waals surface area (Å²) in [4.78, 5) is 0. The highest BCUT2D eigenvalue weighted by atomic mass is 19.1. The average molecular weight is 273 g/mol. The van der Waals surface area contributed by atoms with Crippen molar-refractivity contribution in [2.45, 2.75) is 26.3 Å². The van der Waals surface area contributed by atoms with Crippen LogP contribution < -0.4 is 10.1 Å². The molecule has 0 heterocycles. The molecule has 2 nitrogen and oxygen atoms in total. The van der Waals surface area contributed by atoms with Crippen LogP contribution in [-0.2, 0) is 0 Å². The summed E-state index contributed by atoms with van der Waals surface area (Å²) >= 11 is 0. The van der Waals surface area contributed by atoms with Gasteiger partial charge in [0.2, 0.25) is 0 Å². The van der Waals surface area contributed by atoms with E-state index in [1.807, 2.05) is 18.2 Å². The first-order valence-electron chi connectivity index (χ1n) is 7.00. The fraction of sp³-hybridized carbons (Fsp3) is 0.294. The predicted molar refractivity (Wildman–Crippen MR) is 79.6 cm³/mol. The first-order valence-corrected chi connectivity index (χ1v) is 7.00. The van der Waals surface area contributed by atoms with Gasteiger partial charge >= 0.3 is 0 Å². The zero-order valence-corrected chi connectivity index (χ0v) is 11.9. The van der Waals surface area contributed by atoms with Crippen LogP contribution in [0.15, 0.2) is 48.5 Å². The molecular formula is C17H20FNO. The summed E-state index contributed by atoms with van der Waals surface area (Å²) in [6.07, 6.45) is 0.997. The third kappa shape index (κ3) is 3.58. The van der Waals surface area contributed by atoms with Crippen molar-refractivity contribution in [1.29, 1.82) is 0 Å². The monoisotopic (exact) mass is 273 g/mol. The van der Waals surface area contributed by atoms with Crippen molar-refractivity contribution in [3.63, 3.8) is 0 Å². The van der Waals surface area contributed by atoms with Crippen LogP contribution in [0.2, 0.25) is 0 Å². The number of hydrogen-bond acceptors (Lipinski definition) is 2. The molecule has 0 aromatic heterocycles. The Labute approximate surface area is 119 Å². The van der Waals surface area contributed by atoms with Gasteiger partial charge < -0.3 is 10.1 Å². The molecule has 0 spiro atoms. The number of ether oxygens (including phenoxy) is 1. The van der Waals surface area contributed by atoms with E-state index in [9.17, 15) is 4.39 Å². The van der Waals surface area contributed by atoms with Gasteiger partial charge in [-0.3, -0.25) is 0 Å². The molecule has 2 rings (SSSR count). The molecule has 2 aromatic carbocycles. The van der Waals surface area contributed by atoms with Crippen molar-refractivity contribution < 1.29 is 9.13 Å². The van der Waals surface area contributed by atoms with Crippen LogP contribution in [0.3, 0.4) is 0 Å². The second-order valence-electron chi connectivity index (χ2n) is 4.62. The molecule has 0 saturated carbocycles. The number of para-hydroxylation sites is 1. The summed E-state index contributed by atoms with van der Waals surface area (Å²) in [6, 6.07) is 14.5. The summed E-state index contributed by atoms with van der Waals surface area (Å²) < 4.78 is 19.2. The molecule has 106 valence electrons. The highest BCUT2D eigenvalue weighted by Gasteiger charge is 2.09. The Bertz CT molecular complexity index is 556. The van der Waals surface area contributed by atoms with Crippen LogP contribution in [0, 0.1) is 5.82 Å². The molecule has 0 amide bonds. The Morgan fingerprint density at radius 2 is 1.90 bits per heavy atom. The van der Waals surface area contributed by atoms with Crippen LogP contribution in [-0.4, -0.2) is 6.54 Å². The van der Waals surface area contributed by atoms with Gasteiger partial charge in [0.1, 0.15) is 5.75 Å². The van der Waals surface area contributed by atoms with E-state index in [4.69, 9.17) is 4.74 Å². The fourth-order valence-corrected chi connectivity index (χ4v) is 2.19. The minimum atomic E-state index is -0.350. The van der Waals surface area contributed by atoms with Gasteiger partial charge in [0.25, 0.3) is 0 Å². The summed E-state index contributed by atoms with van der Waals surface area (Å²) in [5, 5.41) is 3.42. The largest absolute Gasteiger partial charge is 0.454 e. The molecule has 0 bridgehead atoms. The molecular weight excluding hydrogens is 253 g/mol. The first kappa shape index (κ1) is 14.5. The zero-order chi connectivity index (χ0) is 14.4. The van der Waals surface area contributed by atoms with E-state index in [0.29, 0.717) is 11.8 Å². The Hall–Kier alpha value is -1.87. The molecule has 0 fully saturated rings. The minimum absolute atomic E-state index is 0.251. The lowest BCUT2D eigenvalue weighted by atomic mass is 10.0. The lowest BCUT2D eigenvalue weighted by Gasteiger charge is -2.17. The molecule has 0 aliphatic carbocycles. The molecule has 2 aromatic rings. The van der Waals surface area contributed by atoms with Crippen LogP contribution >= 0.6 is 0 Å². The normalized spacial score (nSPS) is 12.2. The smallest absolute Gasteiger partial charge is 0.165 e. The Morgan fingerprint density at radius 3 is 2.60 bits per heavy atom. The maximum absolute atomic E-state index is 13.6. The average Bonchev–Trinajstić information content (AvgIpc) is 2.47. The Morgan fingerprint density at radius 1 is 1.10 bits per heavy atom. The second kappa shape index (κ2) is 7.06. The van der Waals surface area contributed by atoms with Crippen molar-refractivity contribution in [2.24, 2.45) is 0 Å². The molecule has 1 atom stereocenters. The Kier molecular flexibility index (Phi) is 5.13. The summed E-state index contributed by atoms with van der Waals surface area (Å²) in [5.74, 6) is 0.557. The Balaban J connectivity index is 2.19. The number of halogens is 1. The lowest BCUT2D eigenvalue weighted by molar-refractivity contribution is 0.440. The summed E-state index contributed by atoms with van der Waals surface area (Å²) in [5.41, 5.74) is 1.16. The van der Waals surface area contributed by atoms with Gasteiger partial charge in [0, 0.05) is 6.04 Å². The van der Waals surface area contributed by atoms with E-state index in [0.717, 1.165) is 18.5 Å². The predicted octanol–water partition coefficient (Wildman–Crippen LogP) is 4.68. The van der Waals surface area contributed by atoms with Gasteiger partial charge in [0.15, 0.2) is 11.6 Å². The van der Waals surface area contributed by atoms with Crippen LogP contribution in [0.25, 0.3) is 0 Å². The van der Waals surface area contributed by atoms with E-state index in [-0.39, 0.29) is 11.6 Å². The molecule has 0 aliphatic heterocycles. The molecule has 20 heavy (non-hydrogen) atoms. The quantitative estimate of drug-likeness (QED) is 0.825. The van der Waals surface area contributed by atoms with Gasteiger partial charge in [-0.1, -0.05) is 38.1 Å². The molecule has 1 unspecified atom stereocenters. The van der Waals surface area contributed by atoms with E-state index in [2.05, 4.69) is 25.2 Å². The van der Waals surface area contributed by atoms with Crippen LogP contribution in [0.1, 0.15) is 31.9 Å². The van der Waals surface area contributed by atoms with Crippen molar-refractivity contribution >= 4 is 0 Å². The zero-order valence-electron chi connectivity index (χ0n) is 11.9. The van der Waals surface area contributed by atoms with Crippen LogP contribution in [0.4, 0.5) is 4.39 Å². The standard InChI is InChI=1S/C17H20FNO/c1-3-16(19-4-2)13-8-7-9-14(12-13)20-17-11-6-5-10-15(17)18/h5-12,16,19H,3-4H2,1-2H3. The summed E-state index contributed by atoms with van der Waals surface area (Å²) in [6.45, 7) is 5.14. The van der Waals surface area contributed by atoms with Crippen molar-refractivity contribution in [3.8, 4) is 11.5 Å². The minimum Gasteiger partial charge on any atom is -0.454 e. The van der Waals surface area contributed by atoms with Gasteiger partial charge in [0.05, 0.1) is 0 Å². The third-order valence-electron chi connectivity index (χ3n) is 3.18. The van der Waals surface area contributed by atoms with E-state index >= 15 is 0 Å². The van der Waals surface area contributed by atoms with Gasteiger partial charge in [-0.2, -0.15) is 0 Å². The maximum Gasteiger partial charge on any atom is 0.165 e. The molecule has 1 N–H and O–H groups in total. The van der Waals surface area contributed by atoms with Crippen molar-refractivity contribution in [2.75, 3.05) is 6.54 Å². The van der Waals surface area contributed by atoms with E-state index in [1.54, 1.807) is 18.2 Å². The summed E-state index contributed by atoms with van der Waals surface area (Å²) in [7, 11) is 0. The maximum atomic E-state index is 13.6. The molecule has 0 saturated heterocycles. The third-order valence-corrected chi connectivity index (χ3v) is 3.18. The van der Waals surface area contributed by atoms with Gasteiger partial charge in [-0.25, -0.2) is 4.39 Å². The molecule has 0 radical (unpaired) electrons. The lowest BCUT2D eigenvalue weighted by Crippen LogP contribution is -2.19. The molecule has 0 aliphatic rings. The number of benzene rings is 2. The molecule has 3 heteroatoms. The van der Waals surface area contributed by atoms with Crippen molar-refractivity contribution in [3.05, 3.63) is 59.9 Å². The van der Waals surface area contributed by atoms with Gasteiger partial charge in [-0.15, -0.1) is 0 Å². The first-order chi connectivity index (χ1) is 9.74. The number of nitrogens with one attached hydrogen (secondary N) is 1.